The van der Waals surface area contributed by atoms with Gasteiger partial charge in [-0.3, -0.25) is 4.79 Å². The standard InChI is InChI=1S/C14H15N3O2/c15-11-6-7-12(16-8-11)14(19)17-13(9-18)10-4-2-1-3-5-10/h1-8,13,18H,9,15H2,(H,17,19). The Balaban J connectivity index is 2.10. The van der Waals surface area contributed by atoms with Crippen molar-refractivity contribution in [1.82, 2.24) is 10.3 Å². The van der Waals surface area contributed by atoms with Crippen molar-refractivity contribution in [3.05, 3.63) is 59.9 Å². The average molecular weight is 257 g/mol. The van der Waals surface area contributed by atoms with Crippen LogP contribution >= 0.6 is 0 Å². The highest BCUT2D eigenvalue weighted by Gasteiger charge is 2.15. The second kappa shape index (κ2) is 5.97. The number of hydrogen-bond donors (Lipinski definition) is 3. The summed E-state index contributed by atoms with van der Waals surface area (Å²) in [7, 11) is 0. The summed E-state index contributed by atoms with van der Waals surface area (Å²) in [6, 6.07) is 12.0. The van der Waals surface area contributed by atoms with E-state index in [0.717, 1.165) is 5.56 Å². The zero-order chi connectivity index (χ0) is 13.7. The molecule has 1 atom stereocenters. The highest BCUT2D eigenvalue weighted by Crippen LogP contribution is 2.12. The lowest BCUT2D eigenvalue weighted by Crippen LogP contribution is -2.31. The molecule has 0 aliphatic heterocycles. The SMILES string of the molecule is Nc1ccc(C(=O)NC(CO)c2ccccc2)nc1. The first-order valence-corrected chi connectivity index (χ1v) is 5.89. The van der Waals surface area contributed by atoms with Gasteiger partial charge in [-0.05, 0) is 17.7 Å². The van der Waals surface area contributed by atoms with E-state index in [2.05, 4.69) is 10.3 Å². The highest BCUT2D eigenvalue weighted by molar-refractivity contribution is 5.92. The number of pyridine rings is 1. The Morgan fingerprint density at radius 1 is 1.26 bits per heavy atom. The van der Waals surface area contributed by atoms with Crippen LogP contribution in [0.4, 0.5) is 5.69 Å². The van der Waals surface area contributed by atoms with E-state index in [4.69, 9.17) is 5.73 Å². The first-order valence-electron chi connectivity index (χ1n) is 5.89. The van der Waals surface area contributed by atoms with Crippen molar-refractivity contribution in [2.75, 3.05) is 12.3 Å². The van der Waals surface area contributed by atoms with Gasteiger partial charge in [0.2, 0.25) is 0 Å². The van der Waals surface area contributed by atoms with E-state index < -0.39 is 6.04 Å². The zero-order valence-corrected chi connectivity index (χ0v) is 10.3. The lowest BCUT2D eigenvalue weighted by molar-refractivity contribution is 0.0911. The Kier molecular flexibility index (Phi) is 4.10. The summed E-state index contributed by atoms with van der Waals surface area (Å²) in [6.07, 6.45) is 1.42. The molecule has 0 aliphatic carbocycles. The topological polar surface area (TPSA) is 88.2 Å². The third-order valence-corrected chi connectivity index (χ3v) is 2.71. The summed E-state index contributed by atoms with van der Waals surface area (Å²) in [6.45, 7) is -0.176. The van der Waals surface area contributed by atoms with Gasteiger partial charge in [-0.25, -0.2) is 4.98 Å². The smallest absolute Gasteiger partial charge is 0.270 e. The van der Waals surface area contributed by atoms with Crippen molar-refractivity contribution in [3.8, 4) is 0 Å². The summed E-state index contributed by atoms with van der Waals surface area (Å²) in [5.74, 6) is -0.345. The molecule has 5 nitrogen and oxygen atoms in total. The summed E-state index contributed by atoms with van der Waals surface area (Å²) in [5, 5.41) is 12.1. The highest BCUT2D eigenvalue weighted by atomic mass is 16.3. The maximum absolute atomic E-state index is 12.0. The van der Waals surface area contributed by atoms with Crippen LogP contribution in [0.15, 0.2) is 48.7 Å². The minimum Gasteiger partial charge on any atom is -0.397 e. The lowest BCUT2D eigenvalue weighted by atomic mass is 10.1. The number of benzene rings is 1. The van der Waals surface area contributed by atoms with Crippen LogP contribution in [0.25, 0.3) is 0 Å². The molecule has 98 valence electrons. The molecule has 0 spiro atoms. The van der Waals surface area contributed by atoms with Gasteiger partial charge in [0.1, 0.15) is 5.69 Å². The minimum absolute atomic E-state index is 0.176. The summed E-state index contributed by atoms with van der Waals surface area (Å²) in [5.41, 5.74) is 7.12. The average Bonchev–Trinajstić information content (AvgIpc) is 2.46. The molecule has 0 radical (unpaired) electrons. The molecule has 1 amide bonds. The first-order chi connectivity index (χ1) is 9.20. The molecule has 1 unspecified atom stereocenters. The van der Waals surface area contributed by atoms with Crippen molar-refractivity contribution in [2.24, 2.45) is 0 Å². The number of nitrogen functional groups attached to an aromatic ring is 1. The van der Waals surface area contributed by atoms with Crippen molar-refractivity contribution < 1.29 is 9.90 Å². The van der Waals surface area contributed by atoms with Crippen LogP contribution < -0.4 is 11.1 Å². The first kappa shape index (κ1) is 13.0. The number of aliphatic hydroxyl groups excluding tert-OH is 1. The summed E-state index contributed by atoms with van der Waals surface area (Å²) >= 11 is 0. The molecule has 4 N–H and O–H groups in total. The van der Waals surface area contributed by atoms with Gasteiger partial charge in [-0.2, -0.15) is 0 Å². The predicted octanol–water partition coefficient (Wildman–Crippen LogP) is 1.13. The van der Waals surface area contributed by atoms with Gasteiger partial charge in [0.05, 0.1) is 24.5 Å². The molecule has 0 aliphatic rings. The molecule has 19 heavy (non-hydrogen) atoms. The molecule has 2 rings (SSSR count). The van der Waals surface area contributed by atoms with Crippen LogP contribution in [0, 0.1) is 0 Å². The number of rotatable bonds is 4. The van der Waals surface area contributed by atoms with Crippen molar-refractivity contribution in [3.63, 3.8) is 0 Å². The van der Waals surface area contributed by atoms with Crippen molar-refractivity contribution in [1.29, 1.82) is 0 Å². The number of nitrogens with zero attached hydrogens (tertiary/aromatic N) is 1. The fraction of sp³-hybridized carbons (Fsp3) is 0.143. The Hall–Kier alpha value is -2.40. The Labute approximate surface area is 111 Å². The van der Waals surface area contributed by atoms with E-state index in [9.17, 15) is 9.90 Å². The molecule has 0 bridgehead atoms. The molecule has 0 saturated heterocycles. The van der Waals surface area contributed by atoms with E-state index in [0.29, 0.717) is 5.69 Å². The largest absolute Gasteiger partial charge is 0.397 e. The fourth-order valence-electron chi connectivity index (χ4n) is 1.69. The van der Waals surface area contributed by atoms with Crippen molar-refractivity contribution in [2.45, 2.75) is 6.04 Å². The second-order valence-corrected chi connectivity index (χ2v) is 4.10. The number of nitrogens with two attached hydrogens (primary N) is 1. The zero-order valence-electron chi connectivity index (χ0n) is 10.3. The lowest BCUT2D eigenvalue weighted by Gasteiger charge is -2.16. The van der Waals surface area contributed by atoms with Crippen LogP contribution in [0.1, 0.15) is 22.1 Å². The van der Waals surface area contributed by atoms with Gasteiger partial charge in [0, 0.05) is 0 Å². The second-order valence-electron chi connectivity index (χ2n) is 4.10. The number of nitrogens with one attached hydrogen (secondary N) is 1. The molecule has 5 heteroatoms. The molecule has 2 aromatic rings. The third-order valence-electron chi connectivity index (χ3n) is 2.71. The van der Waals surface area contributed by atoms with Crippen LogP contribution in [0.2, 0.25) is 0 Å². The Morgan fingerprint density at radius 3 is 2.58 bits per heavy atom. The Bertz CT molecular complexity index is 540. The van der Waals surface area contributed by atoms with E-state index in [-0.39, 0.29) is 18.2 Å². The molecular weight excluding hydrogens is 242 g/mol. The van der Waals surface area contributed by atoms with Crippen LogP contribution in [-0.2, 0) is 0 Å². The number of carbonyl (C=O) groups is 1. The van der Waals surface area contributed by atoms with Gasteiger partial charge in [-0.1, -0.05) is 30.3 Å². The van der Waals surface area contributed by atoms with E-state index in [1.807, 2.05) is 30.3 Å². The quantitative estimate of drug-likeness (QED) is 0.766. The van der Waals surface area contributed by atoms with Gasteiger partial charge in [0.25, 0.3) is 5.91 Å². The summed E-state index contributed by atoms with van der Waals surface area (Å²) < 4.78 is 0. The van der Waals surface area contributed by atoms with E-state index in [1.54, 1.807) is 12.1 Å². The fourth-order valence-corrected chi connectivity index (χ4v) is 1.69. The molecule has 1 aromatic heterocycles. The van der Waals surface area contributed by atoms with Gasteiger partial charge >= 0.3 is 0 Å². The van der Waals surface area contributed by atoms with Crippen LogP contribution in [0.5, 0.6) is 0 Å². The number of aliphatic hydroxyl groups is 1. The Morgan fingerprint density at radius 2 is 2.00 bits per heavy atom. The number of aromatic nitrogens is 1. The van der Waals surface area contributed by atoms with E-state index >= 15 is 0 Å². The maximum Gasteiger partial charge on any atom is 0.270 e. The normalized spacial score (nSPS) is 11.8. The minimum atomic E-state index is -0.451. The third kappa shape index (κ3) is 3.29. The summed E-state index contributed by atoms with van der Waals surface area (Å²) in [4.78, 5) is 15.9. The maximum atomic E-state index is 12.0. The number of amides is 1. The van der Waals surface area contributed by atoms with Crippen molar-refractivity contribution >= 4 is 11.6 Å². The molecule has 0 saturated carbocycles. The van der Waals surface area contributed by atoms with E-state index in [1.165, 1.54) is 6.20 Å². The number of anilines is 1. The molecule has 1 aromatic carbocycles. The number of hydrogen-bond acceptors (Lipinski definition) is 4. The molecule has 0 fully saturated rings. The monoisotopic (exact) mass is 257 g/mol. The molecular formula is C14H15N3O2. The number of carbonyl (C=O) groups excluding carboxylic acids is 1. The van der Waals surface area contributed by atoms with Crippen LogP contribution in [-0.4, -0.2) is 22.6 Å². The van der Waals surface area contributed by atoms with Crippen LogP contribution in [0.3, 0.4) is 0 Å². The predicted molar refractivity (Wildman–Crippen MR) is 72.4 cm³/mol. The van der Waals surface area contributed by atoms with Gasteiger partial charge in [0.15, 0.2) is 0 Å². The van der Waals surface area contributed by atoms with Gasteiger partial charge < -0.3 is 16.2 Å². The van der Waals surface area contributed by atoms with Gasteiger partial charge in [-0.15, -0.1) is 0 Å². The molecule has 1 heterocycles.